The number of benzene rings is 1. The van der Waals surface area contributed by atoms with E-state index in [9.17, 15) is 9.90 Å². The number of carbonyl (C=O) groups excluding carboxylic acids is 1. The molecule has 0 aliphatic carbocycles. The molecule has 4 nitrogen and oxygen atoms in total. The summed E-state index contributed by atoms with van der Waals surface area (Å²) in [5.41, 5.74) is 5.99. The molecular weight excluding hydrogens is 308 g/mol. The van der Waals surface area contributed by atoms with Crippen molar-refractivity contribution in [3.8, 4) is 5.75 Å². The smallest absolute Gasteiger partial charge is 0.233 e. The van der Waals surface area contributed by atoms with Crippen molar-refractivity contribution in [1.29, 1.82) is 0 Å². The standard InChI is InChI=1S/C15H22N2O2S.ClH/c1-11(16)14-4-2-3-9-17(14)15(19)10-20-13-7-5-12(18)6-8-13;/h5-8,11,14,18H,2-4,9-10,16H2,1H3;1H. The Morgan fingerprint density at radius 3 is 2.71 bits per heavy atom. The Labute approximate surface area is 136 Å². The van der Waals surface area contributed by atoms with Gasteiger partial charge in [-0.1, -0.05) is 0 Å². The van der Waals surface area contributed by atoms with Gasteiger partial charge in [0.1, 0.15) is 5.75 Å². The van der Waals surface area contributed by atoms with Gasteiger partial charge in [-0.2, -0.15) is 0 Å². The van der Waals surface area contributed by atoms with E-state index in [1.807, 2.05) is 24.0 Å². The molecule has 0 bridgehead atoms. The molecular formula is C15H23ClN2O2S. The molecule has 1 aromatic rings. The molecule has 3 N–H and O–H groups in total. The number of carbonyl (C=O) groups is 1. The van der Waals surface area contributed by atoms with Crippen LogP contribution in [0.1, 0.15) is 26.2 Å². The van der Waals surface area contributed by atoms with Crippen molar-refractivity contribution in [3.05, 3.63) is 24.3 Å². The zero-order valence-electron chi connectivity index (χ0n) is 12.2. The fraction of sp³-hybridized carbons (Fsp3) is 0.533. The van der Waals surface area contributed by atoms with Crippen LogP contribution in [0.25, 0.3) is 0 Å². The van der Waals surface area contributed by atoms with E-state index in [1.165, 1.54) is 11.8 Å². The molecule has 118 valence electrons. The minimum Gasteiger partial charge on any atom is -0.508 e. The average molecular weight is 331 g/mol. The summed E-state index contributed by atoms with van der Waals surface area (Å²) in [6.45, 7) is 2.80. The van der Waals surface area contributed by atoms with Crippen LogP contribution in [0, 0.1) is 0 Å². The van der Waals surface area contributed by atoms with E-state index in [1.54, 1.807) is 12.1 Å². The van der Waals surface area contributed by atoms with Crippen molar-refractivity contribution >= 4 is 30.1 Å². The maximum Gasteiger partial charge on any atom is 0.233 e. The second-order valence-electron chi connectivity index (χ2n) is 5.29. The number of nitrogens with zero attached hydrogens (tertiary/aromatic N) is 1. The molecule has 21 heavy (non-hydrogen) atoms. The average Bonchev–Trinajstić information content (AvgIpc) is 2.46. The van der Waals surface area contributed by atoms with E-state index < -0.39 is 0 Å². The second kappa shape index (κ2) is 8.51. The van der Waals surface area contributed by atoms with Crippen LogP contribution in [0.4, 0.5) is 0 Å². The fourth-order valence-electron chi connectivity index (χ4n) is 2.58. The van der Waals surface area contributed by atoms with Crippen LogP contribution >= 0.6 is 24.2 Å². The number of phenolic OH excluding ortho intramolecular Hbond substituents is 1. The SMILES string of the molecule is CC(N)C1CCCCN1C(=O)CSc1ccc(O)cc1.Cl. The highest BCUT2D eigenvalue weighted by Crippen LogP contribution is 2.24. The molecule has 2 atom stereocenters. The van der Waals surface area contributed by atoms with Crippen LogP contribution in [0.3, 0.4) is 0 Å². The van der Waals surface area contributed by atoms with Crippen molar-refractivity contribution in [2.24, 2.45) is 5.73 Å². The van der Waals surface area contributed by atoms with Crippen molar-refractivity contribution in [3.63, 3.8) is 0 Å². The van der Waals surface area contributed by atoms with Crippen LogP contribution in [0.5, 0.6) is 5.75 Å². The van der Waals surface area contributed by atoms with E-state index in [2.05, 4.69) is 0 Å². The van der Waals surface area contributed by atoms with E-state index in [0.717, 1.165) is 30.7 Å². The number of piperidine rings is 1. The summed E-state index contributed by atoms with van der Waals surface area (Å²) in [4.78, 5) is 15.3. The molecule has 0 radical (unpaired) electrons. The first kappa shape index (κ1) is 18.1. The van der Waals surface area contributed by atoms with Crippen molar-refractivity contribution in [2.45, 2.75) is 43.2 Å². The minimum atomic E-state index is 0. The van der Waals surface area contributed by atoms with Crippen LogP contribution < -0.4 is 5.73 Å². The first-order valence-corrected chi connectivity index (χ1v) is 8.03. The summed E-state index contributed by atoms with van der Waals surface area (Å²) in [6, 6.07) is 7.13. The van der Waals surface area contributed by atoms with Gasteiger partial charge in [0.25, 0.3) is 0 Å². The van der Waals surface area contributed by atoms with Gasteiger partial charge in [0.2, 0.25) is 5.91 Å². The fourth-order valence-corrected chi connectivity index (χ4v) is 3.37. The third-order valence-corrected chi connectivity index (χ3v) is 4.67. The number of thioether (sulfide) groups is 1. The molecule has 1 aliphatic rings. The van der Waals surface area contributed by atoms with E-state index >= 15 is 0 Å². The van der Waals surface area contributed by atoms with Gasteiger partial charge < -0.3 is 15.7 Å². The predicted molar refractivity (Wildman–Crippen MR) is 89.1 cm³/mol. The highest BCUT2D eigenvalue weighted by atomic mass is 35.5. The molecule has 0 spiro atoms. The monoisotopic (exact) mass is 330 g/mol. The van der Waals surface area contributed by atoms with Gasteiger partial charge >= 0.3 is 0 Å². The third kappa shape index (κ3) is 5.09. The molecule has 1 amide bonds. The van der Waals surface area contributed by atoms with Gasteiger partial charge in [0.15, 0.2) is 0 Å². The first-order chi connectivity index (χ1) is 9.58. The number of halogens is 1. The van der Waals surface area contributed by atoms with Crippen molar-refractivity contribution in [2.75, 3.05) is 12.3 Å². The molecule has 1 aromatic carbocycles. The lowest BCUT2D eigenvalue weighted by atomic mass is 9.97. The third-order valence-electron chi connectivity index (χ3n) is 3.68. The number of rotatable bonds is 4. The maximum absolute atomic E-state index is 12.4. The summed E-state index contributed by atoms with van der Waals surface area (Å²) < 4.78 is 0. The molecule has 1 saturated heterocycles. The van der Waals surface area contributed by atoms with E-state index in [4.69, 9.17) is 5.73 Å². The number of aromatic hydroxyl groups is 1. The van der Waals surface area contributed by atoms with Crippen LogP contribution in [-0.4, -0.2) is 40.3 Å². The molecule has 2 unspecified atom stereocenters. The van der Waals surface area contributed by atoms with E-state index in [0.29, 0.717) is 5.75 Å². The molecule has 0 saturated carbocycles. The molecule has 1 fully saturated rings. The van der Waals surface area contributed by atoms with Crippen molar-refractivity contribution < 1.29 is 9.90 Å². The quantitative estimate of drug-likeness (QED) is 0.833. The number of amides is 1. The lowest BCUT2D eigenvalue weighted by Crippen LogP contribution is -2.52. The first-order valence-electron chi connectivity index (χ1n) is 7.05. The Balaban J connectivity index is 0.00000220. The van der Waals surface area contributed by atoms with Gasteiger partial charge in [0.05, 0.1) is 5.75 Å². The Hall–Kier alpha value is -0.910. The largest absolute Gasteiger partial charge is 0.508 e. The van der Waals surface area contributed by atoms with Crippen LogP contribution in [0.2, 0.25) is 0 Å². The van der Waals surface area contributed by atoms with Crippen molar-refractivity contribution in [1.82, 2.24) is 4.90 Å². The van der Waals surface area contributed by atoms with Gasteiger partial charge in [-0.15, -0.1) is 24.2 Å². The predicted octanol–water partition coefficient (Wildman–Crippen LogP) is 2.63. The van der Waals surface area contributed by atoms with Gasteiger partial charge in [-0.25, -0.2) is 0 Å². The highest BCUT2D eigenvalue weighted by Gasteiger charge is 2.28. The summed E-state index contributed by atoms with van der Waals surface area (Å²) in [5, 5.41) is 9.24. The Kier molecular flexibility index (Phi) is 7.35. The summed E-state index contributed by atoms with van der Waals surface area (Å²) >= 11 is 1.50. The summed E-state index contributed by atoms with van der Waals surface area (Å²) in [5.74, 6) is 0.826. The minimum absolute atomic E-state index is 0. The number of hydrogen-bond donors (Lipinski definition) is 2. The van der Waals surface area contributed by atoms with Gasteiger partial charge in [0, 0.05) is 23.5 Å². The zero-order valence-corrected chi connectivity index (χ0v) is 13.8. The zero-order chi connectivity index (χ0) is 14.5. The Bertz CT molecular complexity index is 453. The van der Waals surface area contributed by atoms with Gasteiger partial charge in [-0.05, 0) is 50.5 Å². The second-order valence-corrected chi connectivity index (χ2v) is 6.34. The molecule has 1 heterocycles. The maximum atomic E-state index is 12.4. The molecule has 2 rings (SSSR count). The number of nitrogens with two attached hydrogens (primary N) is 1. The summed E-state index contributed by atoms with van der Waals surface area (Å²) in [6.07, 6.45) is 3.23. The van der Waals surface area contributed by atoms with Gasteiger partial charge in [-0.3, -0.25) is 4.79 Å². The topological polar surface area (TPSA) is 66.6 Å². The van der Waals surface area contributed by atoms with Crippen LogP contribution in [0.15, 0.2) is 29.2 Å². The number of hydrogen-bond acceptors (Lipinski definition) is 4. The number of phenols is 1. The normalized spacial score (nSPS) is 19.7. The number of likely N-dealkylation sites (tertiary alicyclic amines) is 1. The lowest BCUT2D eigenvalue weighted by molar-refractivity contribution is -0.132. The Morgan fingerprint density at radius 2 is 2.10 bits per heavy atom. The molecule has 0 aromatic heterocycles. The molecule has 6 heteroatoms. The highest BCUT2D eigenvalue weighted by molar-refractivity contribution is 8.00. The van der Waals surface area contributed by atoms with E-state index in [-0.39, 0.29) is 36.1 Å². The van der Waals surface area contributed by atoms with Crippen LogP contribution in [-0.2, 0) is 4.79 Å². The molecule has 1 aliphatic heterocycles. The summed E-state index contributed by atoms with van der Waals surface area (Å²) in [7, 11) is 0. The Morgan fingerprint density at radius 1 is 1.43 bits per heavy atom. The lowest BCUT2D eigenvalue weighted by Gasteiger charge is -2.38.